The van der Waals surface area contributed by atoms with Crippen molar-refractivity contribution < 1.29 is 5.11 Å². The van der Waals surface area contributed by atoms with Crippen molar-refractivity contribution in [2.75, 3.05) is 24.6 Å². The van der Waals surface area contributed by atoms with Crippen molar-refractivity contribution in [3.05, 3.63) is 0 Å². The molecule has 0 atom stereocenters. The summed E-state index contributed by atoms with van der Waals surface area (Å²) in [6, 6.07) is 0. The van der Waals surface area contributed by atoms with Gasteiger partial charge in [0.1, 0.15) is 0 Å². The van der Waals surface area contributed by atoms with Crippen LogP contribution in [-0.4, -0.2) is 35.3 Å². The lowest BCUT2D eigenvalue weighted by atomic mass is 9.85. The van der Waals surface area contributed by atoms with Crippen molar-refractivity contribution in [1.29, 1.82) is 0 Å². The first-order valence-corrected chi connectivity index (χ1v) is 6.87. The quantitative estimate of drug-likeness (QED) is 0.534. The average Bonchev–Trinajstić information content (AvgIpc) is 2.24. The summed E-state index contributed by atoms with van der Waals surface area (Å²) in [6.07, 6.45) is 10.7. The van der Waals surface area contributed by atoms with E-state index in [0.717, 1.165) is 37.4 Å². The van der Waals surface area contributed by atoms with E-state index in [1.807, 2.05) is 0 Å². The Morgan fingerprint density at radius 3 is 2.73 bits per heavy atom. The van der Waals surface area contributed by atoms with Crippen LogP contribution < -0.4 is 5.32 Å². The highest BCUT2D eigenvalue weighted by Gasteiger charge is 2.28. The third-order valence-corrected chi connectivity index (χ3v) is 3.71. The first-order chi connectivity index (χ1) is 7.27. The van der Waals surface area contributed by atoms with Crippen molar-refractivity contribution in [3.8, 4) is 12.3 Å². The molecule has 0 radical (unpaired) electrons. The summed E-state index contributed by atoms with van der Waals surface area (Å²) in [4.78, 5) is 0. The van der Waals surface area contributed by atoms with E-state index in [1.165, 1.54) is 19.3 Å². The summed E-state index contributed by atoms with van der Waals surface area (Å²) in [7, 11) is 0. The average molecular weight is 227 g/mol. The predicted octanol–water partition coefficient (Wildman–Crippen LogP) is 1.64. The maximum atomic E-state index is 10.2. The zero-order valence-electron chi connectivity index (χ0n) is 9.30. The second kappa shape index (κ2) is 7.16. The molecule has 3 heteroatoms. The summed E-state index contributed by atoms with van der Waals surface area (Å²) in [5.74, 6) is 4.41. The van der Waals surface area contributed by atoms with Gasteiger partial charge in [0.05, 0.1) is 11.4 Å². The van der Waals surface area contributed by atoms with Crippen LogP contribution in [0.25, 0.3) is 0 Å². The number of nitrogens with one attached hydrogen (secondary N) is 1. The van der Waals surface area contributed by atoms with E-state index < -0.39 is 5.60 Å². The molecule has 0 aliphatic heterocycles. The highest BCUT2D eigenvalue weighted by molar-refractivity contribution is 7.99. The van der Waals surface area contributed by atoms with Crippen LogP contribution in [0.2, 0.25) is 0 Å². The number of terminal acetylenes is 1. The van der Waals surface area contributed by atoms with Crippen molar-refractivity contribution in [2.45, 2.75) is 37.7 Å². The van der Waals surface area contributed by atoms with Gasteiger partial charge in [-0.1, -0.05) is 25.2 Å². The van der Waals surface area contributed by atoms with Gasteiger partial charge in [-0.25, -0.2) is 0 Å². The summed E-state index contributed by atoms with van der Waals surface area (Å²) in [5.41, 5.74) is -0.435. The number of rotatable bonds is 6. The van der Waals surface area contributed by atoms with E-state index in [0.29, 0.717) is 0 Å². The van der Waals surface area contributed by atoms with E-state index in [4.69, 9.17) is 6.42 Å². The van der Waals surface area contributed by atoms with E-state index in [-0.39, 0.29) is 0 Å². The van der Waals surface area contributed by atoms with Crippen LogP contribution >= 0.6 is 11.8 Å². The van der Waals surface area contributed by atoms with Gasteiger partial charge in [0.15, 0.2) is 0 Å². The predicted molar refractivity (Wildman–Crippen MR) is 67.1 cm³/mol. The van der Waals surface area contributed by atoms with Gasteiger partial charge in [-0.3, -0.25) is 0 Å². The molecule has 86 valence electrons. The molecule has 0 unspecified atom stereocenters. The molecule has 15 heavy (non-hydrogen) atoms. The molecule has 1 saturated carbocycles. The lowest BCUT2D eigenvalue weighted by Gasteiger charge is -2.32. The van der Waals surface area contributed by atoms with E-state index in [2.05, 4.69) is 11.2 Å². The highest BCUT2D eigenvalue weighted by atomic mass is 32.2. The molecule has 0 spiro atoms. The van der Waals surface area contributed by atoms with Crippen LogP contribution in [0.5, 0.6) is 0 Å². The molecule has 0 amide bonds. The van der Waals surface area contributed by atoms with Crippen molar-refractivity contribution >= 4 is 11.8 Å². The molecule has 1 aliphatic rings. The monoisotopic (exact) mass is 227 g/mol. The molecular weight excluding hydrogens is 206 g/mol. The second-order valence-corrected chi connectivity index (χ2v) is 5.32. The van der Waals surface area contributed by atoms with Crippen molar-refractivity contribution in [3.63, 3.8) is 0 Å². The Balaban J connectivity index is 2.01. The van der Waals surface area contributed by atoms with Crippen LogP contribution in [0.4, 0.5) is 0 Å². The summed E-state index contributed by atoms with van der Waals surface area (Å²) in [5, 5.41) is 13.5. The molecule has 0 bridgehead atoms. The van der Waals surface area contributed by atoms with Crippen LogP contribution in [0, 0.1) is 12.3 Å². The van der Waals surface area contributed by atoms with Gasteiger partial charge in [0.25, 0.3) is 0 Å². The molecule has 1 fully saturated rings. The van der Waals surface area contributed by atoms with Crippen LogP contribution in [-0.2, 0) is 0 Å². The topological polar surface area (TPSA) is 32.3 Å². The van der Waals surface area contributed by atoms with E-state index in [9.17, 15) is 5.11 Å². The Hall–Kier alpha value is -0.170. The van der Waals surface area contributed by atoms with Gasteiger partial charge in [-0.05, 0) is 12.8 Å². The summed E-state index contributed by atoms with van der Waals surface area (Å²) < 4.78 is 0. The fraction of sp³-hybridized carbons (Fsp3) is 0.833. The first kappa shape index (κ1) is 12.9. The maximum absolute atomic E-state index is 10.2. The standard InChI is InChI=1S/C12H21NOS/c1-2-9-15-10-8-13-11-12(14)6-4-3-5-7-12/h1,13-14H,3-11H2. The van der Waals surface area contributed by atoms with Crippen molar-refractivity contribution in [1.82, 2.24) is 5.32 Å². The first-order valence-electron chi connectivity index (χ1n) is 5.71. The molecule has 1 rings (SSSR count). The molecule has 2 N–H and O–H groups in total. The minimum absolute atomic E-state index is 0.435. The zero-order valence-corrected chi connectivity index (χ0v) is 10.1. The molecule has 0 aromatic rings. The molecule has 2 nitrogen and oxygen atoms in total. The fourth-order valence-electron chi connectivity index (χ4n) is 1.98. The van der Waals surface area contributed by atoms with E-state index >= 15 is 0 Å². The number of thioether (sulfide) groups is 1. The third-order valence-electron chi connectivity index (χ3n) is 2.85. The molecule has 0 aromatic heterocycles. The number of hydrogen-bond donors (Lipinski definition) is 2. The normalized spacial score (nSPS) is 19.7. The Morgan fingerprint density at radius 2 is 2.07 bits per heavy atom. The summed E-state index contributed by atoms with van der Waals surface area (Å²) >= 11 is 1.76. The molecule has 0 heterocycles. The SMILES string of the molecule is C#CCSCCNCC1(O)CCCCC1. The van der Waals surface area contributed by atoms with Crippen molar-refractivity contribution in [2.24, 2.45) is 0 Å². The zero-order chi connectivity index (χ0) is 11.0. The van der Waals surface area contributed by atoms with Gasteiger partial charge >= 0.3 is 0 Å². The maximum Gasteiger partial charge on any atom is 0.0771 e. The van der Waals surface area contributed by atoms with Crippen LogP contribution in [0.3, 0.4) is 0 Å². The largest absolute Gasteiger partial charge is 0.389 e. The van der Waals surface area contributed by atoms with Gasteiger partial charge in [-0.15, -0.1) is 18.2 Å². The molecule has 0 saturated heterocycles. The third kappa shape index (κ3) is 5.46. The highest BCUT2D eigenvalue weighted by Crippen LogP contribution is 2.27. The molecule has 0 aromatic carbocycles. The number of hydrogen-bond acceptors (Lipinski definition) is 3. The Morgan fingerprint density at radius 1 is 1.33 bits per heavy atom. The molecule has 1 aliphatic carbocycles. The van der Waals surface area contributed by atoms with Crippen LogP contribution in [0.1, 0.15) is 32.1 Å². The Kier molecular flexibility index (Phi) is 6.16. The lowest BCUT2D eigenvalue weighted by molar-refractivity contribution is 0.00546. The molecular formula is C12H21NOS. The fourth-order valence-corrected chi connectivity index (χ4v) is 2.53. The Bertz CT molecular complexity index is 206. The van der Waals surface area contributed by atoms with Gasteiger partial charge in [-0.2, -0.15) is 0 Å². The van der Waals surface area contributed by atoms with Gasteiger partial charge < -0.3 is 10.4 Å². The Labute approximate surface area is 97.2 Å². The van der Waals surface area contributed by atoms with Gasteiger partial charge in [0.2, 0.25) is 0 Å². The second-order valence-electron chi connectivity index (χ2n) is 4.22. The van der Waals surface area contributed by atoms with E-state index in [1.54, 1.807) is 11.8 Å². The number of aliphatic hydroxyl groups is 1. The summed E-state index contributed by atoms with van der Waals surface area (Å²) in [6.45, 7) is 1.68. The van der Waals surface area contributed by atoms with Crippen LogP contribution in [0.15, 0.2) is 0 Å². The lowest BCUT2D eigenvalue weighted by Crippen LogP contribution is -2.42. The minimum atomic E-state index is -0.435. The smallest absolute Gasteiger partial charge is 0.0771 e. The van der Waals surface area contributed by atoms with Gasteiger partial charge in [0, 0.05) is 18.8 Å². The minimum Gasteiger partial charge on any atom is -0.389 e.